The predicted octanol–water partition coefficient (Wildman–Crippen LogP) is 3.32. The van der Waals surface area contributed by atoms with Crippen molar-refractivity contribution >= 4 is 17.6 Å². The SMILES string of the molecule is CN=C1N=C(OC2=CCCC(OC(F)(F)F)=C2)C2CCC2CC1C(=O)NC. The summed E-state index contributed by atoms with van der Waals surface area (Å²) in [5.41, 5.74) is 0. The third-order valence-corrected chi connectivity index (χ3v) is 5.11. The minimum absolute atomic E-state index is 0.0413. The number of nitrogens with one attached hydrogen (secondary N) is 1. The average molecular weight is 385 g/mol. The van der Waals surface area contributed by atoms with Crippen LogP contribution in [0.1, 0.15) is 32.1 Å². The zero-order valence-electron chi connectivity index (χ0n) is 15.2. The summed E-state index contributed by atoms with van der Waals surface area (Å²) in [6.45, 7) is 0. The number of nitrogens with zero attached hydrogens (tertiary/aromatic N) is 2. The molecule has 27 heavy (non-hydrogen) atoms. The van der Waals surface area contributed by atoms with Crippen LogP contribution in [0, 0.1) is 17.8 Å². The summed E-state index contributed by atoms with van der Waals surface area (Å²) in [5, 5.41) is 2.64. The van der Waals surface area contributed by atoms with Gasteiger partial charge in [-0.25, -0.2) is 4.99 Å². The van der Waals surface area contributed by atoms with Crippen LogP contribution >= 0.6 is 0 Å². The van der Waals surface area contributed by atoms with Crippen molar-refractivity contribution in [1.29, 1.82) is 0 Å². The Labute approximate surface area is 155 Å². The number of amidine groups is 1. The maximum atomic E-state index is 12.5. The van der Waals surface area contributed by atoms with Gasteiger partial charge < -0.3 is 14.8 Å². The number of halogens is 3. The highest BCUT2D eigenvalue weighted by molar-refractivity contribution is 6.08. The number of carbonyl (C=O) groups excluding carboxylic acids is 1. The van der Waals surface area contributed by atoms with E-state index >= 15 is 0 Å². The number of aliphatic imine (C=N–C) groups is 2. The average Bonchev–Trinajstić information content (AvgIpc) is 2.67. The molecule has 1 heterocycles. The fraction of sp³-hybridized carbons (Fsp3) is 0.611. The summed E-state index contributed by atoms with van der Waals surface area (Å²) in [4.78, 5) is 20.8. The summed E-state index contributed by atoms with van der Waals surface area (Å²) < 4.78 is 47.2. The number of hydrogen-bond acceptors (Lipinski definition) is 4. The van der Waals surface area contributed by atoms with Crippen molar-refractivity contribution in [1.82, 2.24) is 5.32 Å². The Morgan fingerprint density at radius 3 is 2.74 bits per heavy atom. The van der Waals surface area contributed by atoms with Crippen LogP contribution in [0.2, 0.25) is 0 Å². The second kappa shape index (κ2) is 7.74. The van der Waals surface area contributed by atoms with Crippen molar-refractivity contribution in [3.63, 3.8) is 0 Å². The van der Waals surface area contributed by atoms with E-state index < -0.39 is 12.3 Å². The van der Waals surface area contributed by atoms with Crippen LogP contribution in [-0.4, -0.2) is 38.1 Å². The molecular weight excluding hydrogens is 363 g/mol. The Hall–Kier alpha value is -2.32. The number of carbonyl (C=O) groups is 1. The highest BCUT2D eigenvalue weighted by Gasteiger charge is 2.43. The first-order chi connectivity index (χ1) is 12.8. The fourth-order valence-electron chi connectivity index (χ4n) is 3.63. The molecule has 0 bridgehead atoms. The van der Waals surface area contributed by atoms with Gasteiger partial charge >= 0.3 is 6.36 Å². The first-order valence-corrected chi connectivity index (χ1v) is 8.92. The monoisotopic (exact) mass is 385 g/mol. The van der Waals surface area contributed by atoms with Gasteiger partial charge in [0.1, 0.15) is 17.4 Å². The number of ether oxygens (including phenoxy) is 2. The fourth-order valence-corrected chi connectivity index (χ4v) is 3.63. The number of rotatable bonds is 3. The first-order valence-electron chi connectivity index (χ1n) is 8.92. The maximum absolute atomic E-state index is 12.5. The van der Waals surface area contributed by atoms with Gasteiger partial charge in [0.25, 0.3) is 0 Å². The van der Waals surface area contributed by atoms with Crippen molar-refractivity contribution in [2.45, 2.75) is 38.5 Å². The number of alkyl halides is 3. The van der Waals surface area contributed by atoms with Crippen molar-refractivity contribution < 1.29 is 27.4 Å². The molecule has 0 radical (unpaired) electrons. The quantitative estimate of drug-likeness (QED) is 0.810. The minimum atomic E-state index is -4.73. The standard InChI is InChI=1S/C18H22F3N3O3/c1-22-15-14(16(25)23-2)8-10-6-7-13(10)17(24-15)26-11-4-3-5-12(9-11)27-18(19,20)21/h4,9-10,13-14H,3,5-8H2,1-2H3,(H,23,25). The van der Waals surface area contributed by atoms with E-state index in [2.05, 4.69) is 20.0 Å². The van der Waals surface area contributed by atoms with Crippen LogP contribution in [0.3, 0.4) is 0 Å². The van der Waals surface area contributed by atoms with Crippen LogP contribution in [0.4, 0.5) is 13.2 Å². The number of fused-ring (bicyclic) bond motifs is 1. The molecule has 0 spiro atoms. The van der Waals surface area contributed by atoms with Crippen molar-refractivity contribution in [2.24, 2.45) is 27.7 Å². The van der Waals surface area contributed by atoms with Crippen LogP contribution in [0.15, 0.2) is 33.7 Å². The van der Waals surface area contributed by atoms with Crippen molar-refractivity contribution in [3.8, 4) is 0 Å². The summed E-state index contributed by atoms with van der Waals surface area (Å²) >= 11 is 0. The Morgan fingerprint density at radius 1 is 1.37 bits per heavy atom. The Morgan fingerprint density at radius 2 is 2.15 bits per heavy atom. The molecular formula is C18H22F3N3O3. The third-order valence-electron chi connectivity index (χ3n) is 5.11. The lowest BCUT2D eigenvalue weighted by Gasteiger charge is -2.36. The van der Waals surface area contributed by atoms with Gasteiger partial charge in [-0.2, -0.15) is 0 Å². The summed E-state index contributed by atoms with van der Waals surface area (Å²) in [6.07, 6.45) is 1.22. The van der Waals surface area contributed by atoms with Crippen molar-refractivity contribution in [3.05, 3.63) is 23.7 Å². The summed E-state index contributed by atoms with van der Waals surface area (Å²) in [6, 6.07) is 0. The molecule has 3 atom stereocenters. The molecule has 9 heteroatoms. The summed E-state index contributed by atoms with van der Waals surface area (Å²) in [7, 11) is 3.13. The highest BCUT2D eigenvalue weighted by atomic mass is 19.4. The van der Waals surface area contributed by atoms with Crippen LogP contribution < -0.4 is 5.32 Å². The number of hydrogen-bond donors (Lipinski definition) is 1. The van der Waals surface area contributed by atoms with Crippen molar-refractivity contribution in [2.75, 3.05) is 14.1 Å². The molecule has 1 amide bonds. The van der Waals surface area contributed by atoms with E-state index in [9.17, 15) is 18.0 Å². The molecule has 1 N–H and O–H groups in total. The number of amides is 1. The van der Waals surface area contributed by atoms with Gasteiger partial charge in [-0.1, -0.05) is 0 Å². The molecule has 2 aliphatic carbocycles. The van der Waals surface area contributed by atoms with Gasteiger partial charge in [0.15, 0.2) is 5.90 Å². The molecule has 3 unspecified atom stereocenters. The normalized spacial score (nSPS) is 29.4. The molecule has 0 aromatic rings. The molecule has 0 saturated heterocycles. The largest absolute Gasteiger partial charge is 0.572 e. The van der Waals surface area contributed by atoms with Gasteiger partial charge in [0.05, 0.1) is 5.92 Å². The van der Waals surface area contributed by atoms with Crippen LogP contribution in [0.5, 0.6) is 0 Å². The van der Waals surface area contributed by atoms with E-state index in [1.54, 1.807) is 20.2 Å². The van der Waals surface area contributed by atoms with Gasteiger partial charge in [0, 0.05) is 32.5 Å². The topological polar surface area (TPSA) is 72.3 Å². The van der Waals surface area contributed by atoms with E-state index in [1.807, 2.05) is 0 Å². The minimum Gasteiger partial charge on any atom is -0.443 e. The predicted molar refractivity (Wildman–Crippen MR) is 92.8 cm³/mol. The lowest BCUT2D eigenvalue weighted by molar-refractivity contribution is -0.306. The zero-order valence-corrected chi connectivity index (χ0v) is 15.2. The Kier molecular flexibility index (Phi) is 5.57. The molecule has 1 fully saturated rings. The lowest BCUT2D eigenvalue weighted by Crippen LogP contribution is -2.37. The van der Waals surface area contributed by atoms with Crippen LogP contribution in [-0.2, 0) is 14.3 Å². The van der Waals surface area contributed by atoms with Gasteiger partial charge in [-0.3, -0.25) is 9.79 Å². The Balaban J connectivity index is 1.81. The maximum Gasteiger partial charge on any atom is 0.572 e. The van der Waals surface area contributed by atoms with Gasteiger partial charge in [-0.15, -0.1) is 13.2 Å². The second-order valence-electron chi connectivity index (χ2n) is 6.78. The molecule has 148 valence electrons. The van der Waals surface area contributed by atoms with E-state index in [-0.39, 0.29) is 35.7 Å². The van der Waals surface area contributed by atoms with Crippen LogP contribution in [0.25, 0.3) is 0 Å². The third kappa shape index (κ3) is 4.51. The molecule has 0 aromatic heterocycles. The molecule has 3 aliphatic rings. The highest BCUT2D eigenvalue weighted by Crippen LogP contribution is 2.43. The molecule has 6 nitrogen and oxygen atoms in total. The van der Waals surface area contributed by atoms with Gasteiger partial charge in [0.2, 0.25) is 5.91 Å². The zero-order chi connectivity index (χ0) is 19.6. The van der Waals surface area contributed by atoms with E-state index in [0.29, 0.717) is 24.6 Å². The molecule has 1 aliphatic heterocycles. The summed E-state index contributed by atoms with van der Waals surface area (Å²) in [5.74, 6) is 0.562. The first kappa shape index (κ1) is 19.4. The lowest BCUT2D eigenvalue weighted by atomic mass is 9.70. The molecule has 1 saturated carbocycles. The Bertz CT molecular complexity index is 725. The molecule has 0 aromatic carbocycles. The smallest absolute Gasteiger partial charge is 0.443 e. The molecule has 3 rings (SSSR count). The second-order valence-corrected chi connectivity index (χ2v) is 6.78. The van der Waals surface area contributed by atoms with E-state index in [0.717, 1.165) is 12.8 Å². The number of allylic oxidation sites excluding steroid dienone is 3. The van der Waals surface area contributed by atoms with Gasteiger partial charge in [-0.05, 0) is 37.7 Å². The van der Waals surface area contributed by atoms with E-state index in [4.69, 9.17) is 4.74 Å². The van der Waals surface area contributed by atoms with E-state index in [1.165, 1.54) is 6.08 Å².